The van der Waals surface area contributed by atoms with Crippen LogP contribution in [-0.4, -0.2) is 16.9 Å². The topological polar surface area (TPSA) is 68.0 Å². The van der Waals surface area contributed by atoms with Crippen LogP contribution in [0.25, 0.3) is 0 Å². The molecule has 5 heteroatoms. The Balaban J connectivity index is 1.74. The molecule has 1 fully saturated rings. The lowest BCUT2D eigenvalue weighted by Crippen LogP contribution is -2.34. The normalized spacial score (nSPS) is 17.1. The molecular weight excluding hydrogens is 222 g/mol. The van der Waals surface area contributed by atoms with E-state index in [-0.39, 0.29) is 11.9 Å². The van der Waals surface area contributed by atoms with Gasteiger partial charge >= 0.3 is 0 Å². The first-order valence-electron chi connectivity index (χ1n) is 5.62. The predicted octanol–water partition coefficient (Wildman–Crippen LogP) is 1.57. The number of rotatable bonds is 5. The molecule has 1 aromatic heterocycles. The van der Waals surface area contributed by atoms with E-state index in [1.807, 2.05) is 5.38 Å². The molecular formula is C11H17N3OS. The quantitative estimate of drug-likeness (QED) is 0.819. The van der Waals surface area contributed by atoms with Crippen molar-refractivity contribution < 1.29 is 4.79 Å². The summed E-state index contributed by atoms with van der Waals surface area (Å²) in [6, 6.07) is 0.274. The molecule has 1 aromatic rings. The molecule has 0 spiro atoms. The Kier molecular flexibility index (Phi) is 3.43. The maximum atomic E-state index is 11.6. The number of nitrogens with one attached hydrogen (secondary N) is 1. The zero-order chi connectivity index (χ0) is 11.5. The van der Waals surface area contributed by atoms with Gasteiger partial charge in [0.15, 0.2) is 5.13 Å². The van der Waals surface area contributed by atoms with Gasteiger partial charge in [0.1, 0.15) is 0 Å². The number of thiazole rings is 1. The van der Waals surface area contributed by atoms with Crippen molar-refractivity contribution in [1.29, 1.82) is 0 Å². The van der Waals surface area contributed by atoms with Gasteiger partial charge in [-0.25, -0.2) is 4.98 Å². The van der Waals surface area contributed by atoms with E-state index >= 15 is 0 Å². The fraction of sp³-hybridized carbons (Fsp3) is 0.636. The predicted molar refractivity (Wildman–Crippen MR) is 65.2 cm³/mol. The van der Waals surface area contributed by atoms with E-state index in [1.54, 1.807) is 0 Å². The maximum absolute atomic E-state index is 11.6. The number of amides is 1. The largest absolute Gasteiger partial charge is 0.375 e. The summed E-state index contributed by atoms with van der Waals surface area (Å²) in [5, 5.41) is 5.35. The molecule has 1 atom stereocenters. The van der Waals surface area contributed by atoms with Gasteiger partial charge in [-0.15, -0.1) is 11.3 Å². The molecule has 0 saturated heterocycles. The molecule has 1 aliphatic rings. The highest BCUT2D eigenvalue weighted by molar-refractivity contribution is 7.13. The monoisotopic (exact) mass is 239 g/mol. The maximum Gasteiger partial charge on any atom is 0.226 e. The molecule has 1 amide bonds. The molecule has 3 N–H and O–H groups in total. The van der Waals surface area contributed by atoms with Gasteiger partial charge in [0, 0.05) is 11.4 Å². The van der Waals surface area contributed by atoms with Crippen molar-refractivity contribution in [3.8, 4) is 0 Å². The summed E-state index contributed by atoms with van der Waals surface area (Å²) < 4.78 is 0. The number of nitrogens with zero attached hydrogens (tertiary/aromatic N) is 1. The van der Waals surface area contributed by atoms with Gasteiger partial charge in [0.2, 0.25) is 5.91 Å². The van der Waals surface area contributed by atoms with Crippen molar-refractivity contribution in [2.24, 2.45) is 5.92 Å². The number of hydrogen-bond acceptors (Lipinski definition) is 4. The summed E-state index contributed by atoms with van der Waals surface area (Å²) in [5.41, 5.74) is 6.27. The summed E-state index contributed by atoms with van der Waals surface area (Å²) in [6.07, 6.45) is 4.08. The molecule has 1 heterocycles. The number of carbonyl (C=O) groups excluding carboxylic acids is 1. The van der Waals surface area contributed by atoms with Gasteiger partial charge in [0.25, 0.3) is 0 Å². The van der Waals surface area contributed by atoms with Crippen molar-refractivity contribution in [3.63, 3.8) is 0 Å². The standard InChI is InChI=1S/C11H17N3OS/c1-7(4-8-2-3-8)13-10(15)5-9-6-16-11(12)14-9/h6-8H,2-5H2,1H3,(H2,12,14)(H,13,15). The minimum Gasteiger partial charge on any atom is -0.375 e. The lowest BCUT2D eigenvalue weighted by atomic mass is 10.1. The van der Waals surface area contributed by atoms with Gasteiger partial charge in [-0.05, 0) is 19.3 Å². The second kappa shape index (κ2) is 4.82. The molecule has 88 valence electrons. The molecule has 1 aliphatic carbocycles. The zero-order valence-electron chi connectivity index (χ0n) is 9.40. The van der Waals surface area contributed by atoms with Crippen molar-refractivity contribution in [2.45, 2.75) is 38.6 Å². The summed E-state index contributed by atoms with van der Waals surface area (Å²) in [6.45, 7) is 2.06. The number of carbonyl (C=O) groups is 1. The molecule has 0 radical (unpaired) electrons. The first kappa shape index (κ1) is 11.4. The third-order valence-corrected chi connectivity index (χ3v) is 3.43. The van der Waals surface area contributed by atoms with Gasteiger partial charge in [-0.2, -0.15) is 0 Å². The Morgan fingerprint density at radius 3 is 3.06 bits per heavy atom. The first-order chi connectivity index (χ1) is 7.63. The number of aromatic nitrogens is 1. The van der Waals surface area contributed by atoms with Gasteiger partial charge in [0.05, 0.1) is 12.1 Å². The molecule has 0 aliphatic heterocycles. The highest BCUT2D eigenvalue weighted by Gasteiger charge is 2.24. The lowest BCUT2D eigenvalue weighted by Gasteiger charge is -2.12. The lowest BCUT2D eigenvalue weighted by molar-refractivity contribution is -0.121. The van der Waals surface area contributed by atoms with E-state index in [4.69, 9.17) is 5.73 Å². The highest BCUT2D eigenvalue weighted by atomic mass is 32.1. The molecule has 0 aromatic carbocycles. The van der Waals surface area contributed by atoms with E-state index in [0.717, 1.165) is 18.0 Å². The van der Waals surface area contributed by atoms with Gasteiger partial charge in [-0.3, -0.25) is 4.79 Å². The first-order valence-corrected chi connectivity index (χ1v) is 6.50. The molecule has 1 saturated carbocycles. The van der Waals surface area contributed by atoms with Crippen LogP contribution in [0.4, 0.5) is 5.13 Å². The van der Waals surface area contributed by atoms with Crippen LogP contribution in [0.15, 0.2) is 5.38 Å². The Labute approximate surface area is 99.3 Å². The van der Waals surface area contributed by atoms with Crippen LogP contribution < -0.4 is 11.1 Å². The Morgan fingerprint density at radius 1 is 1.75 bits per heavy atom. The molecule has 1 unspecified atom stereocenters. The Hall–Kier alpha value is -1.10. The number of hydrogen-bond donors (Lipinski definition) is 2. The third kappa shape index (κ3) is 3.48. The van der Waals surface area contributed by atoms with E-state index in [2.05, 4.69) is 17.2 Å². The van der Waals surface area contributed by atoms with Crippen LogP contribution in [0.5, 0.6) is 0 Å². The zero-order valence-corrected chi connectivity index (χ0v) is 10.2. The van der Waals surface area contributed by atoms with Crippen LogP contribution in [0.3, 0.4) is 0 Å². The van der Waals surface area contributed by atoms with Crippen molar-refractivity contribution in [1.82, 2.24) is 10.3 Å². The molecule has 2 rings (SSSR count). The molecule has 16 heavy (non-hydrogen) atoms. The fourth-order valence-electron chi connectivity index (χ4n) is 1.81. The fourth-order valence-corrected chi connectivity index (χ4v) is 2.37. The average Bonchev–Trinajstić information content (AvgIpc) is 2.89. The van der Waals surface area contributed by atoms with Crippen molar-refractivity contribution in [3.05, 3.63) is 11.1 Å². The highest BCUT2D eigenvalue weighted by Crippen LogP contribution is 2.33. The van der Waals surface area contributed by atoms with E-state index in [9.17, 15) is 4.79 Å². The SMILES string of the molecule is CC(CC1CC1)NC(=O)Cc1csc(N)n1. The summed E-state index contributed by atoms with van der Waals surface area (Å²) in [7, 11) is 0. The minimum atomic E-state index is 0.0402. The molecule has 0 bridgehead atoms. The van der Waals surface area contributed by atoms with E-state index in [0.29, 0.717) is 11.6 Å². The van der Waals surface area contributed by atoms with Crippen LogP contribution in [0, 0.1) is 5.92 Å². The van der Waals surface area contributed by atoms with Gasteiger partial charge in [-0.1, -0.05) is 12.8 Å². The van der Waals surface area contributed by atoms with Crippen LogP contribution >= 0.6 is 11.3 Å². The number of nitrogen functional groups attached to an aromatic ring is 1. The Morgan fingerprint density at radius 2 is 2.50 bits per heavy atom. The summed E-state index contributed by atoms with van der Waals surface area (Å²) >= 11 is 1.37. The second-order valence-corrected chi connectivity index (χ2v) is 5.39. The summed E-state index contributed by atoms with van der Waals surface area (Å²) in [4.78, 5) is 15.7. The van der Waals surface area contributed by atoms with Crippen LogP contribution in [0.1, 0.15) is 31.9 Å². The Bertz CT molecular complexity index is 373. The van der Waals surface area contributed by atoms with Crippen LogP contribution in [0.2, 0.25) is 0 Å². The average molecular weight is 239 g/mol. The van der Waals surface area contributed by atoms with Crippen molar-refractivity contribution >= 4 is 22.4 Å². The third-order valence-electron chi connectivity index (χ3n) is 2.70. The number of nitrogens with two attached hydrogens (primary N) is 1. The number of anilines is 1. The second-order valence-electron chi connectivity index (χ2n) is 4.50. The van der Waals surface area contributed by atoms with Crippen molar-refractivity contribution in [2.75, 3.05) is 5.73 Å². The van der Waals surface area contributed by atoms with Crippen LogP contribution in [-0.2, 0) is 11.2 Å². The van der Waals surface area contributed by atoms with E-state index < -0.39 is 0 Å². The smallest absolute Gasteiger partial charge is 0.226 e. The van der Waals surface area contributed by atoms with E-state index in [1.165, 1.54) is 24.2 Å². The molecule has 4 nitrogen and oxygen atoms in total. The van der Waals surface area contributed by atoms with Gasteiger partial charge < -0.3 is 11.1 Å². The minimum absolute atomic E-state index is 0.0402. The summed E-state index contributed by atoms with van der Waals surface area (Å²) in [5.74, 6) is 0.878.